The quantitative estimate of drug-likeness (QED) is 0.687. The van der Waals surface area contributed by atoms with Gasteiger partial charge >= 0.3 is 0 Å². The lowest BCUT2D eigenvalue weighted by atomic mass is 10.5. The van der Waals surface area contributed by atoms with Crippen LogP contribution < -0.4 is 5.73 Å². The molecule has 1 heterocycles. The van der Waals surface area contributed by atoms with E-state index >= 15 is 0 Å². The zero-order chi connectivity index (χ0) is 8.97. The van der Waals surface area contributed by atoms with Crippen molar-refractivity contribution in [1.82, 2.24) is 10.2 Å². The minimum Gasteiger partial charge on any atom is -0.416 e. The molecule has 1 amide bonds. The predicted octanol–water partition coefficient (Wildman–Crippen LogP) is 0.346. The highest BCUT2D eigenvalue weighted by atomic mass is 32.2. The average Bonchev–Trinajstić information content (AvgIpc) is 2.35. The molecule has 6 heteroatoms. The van der Waals surface area contributed by atoms with E-state index in [1.54, 1.807) is 6.92 Å². The Hall–Kier alpha value is -1.04. The summed E-state index contributed by atoms with van der Waals surface area (Å²) in [6, 6.07) is 0. The van der Waals surface area contributed by atoms with Gasteiger partial charge in [-0.15, -0.1) is 10.2 Å². The van der Waals surface area contributed by atoms with E-state index in [1.807, 2.05) is 0 Å². The molecule has 1 aromatic rings. The second-order valence-electron chi connectivity index (χ2n) is 2.15. The molecule has 0 atom stereocenters. The fourth-order valence-corrected chi connectivity index (χ4v) is 1.33. The van der Waals surface area contributed by atoms with Crippen LogP contribution in [0.2, 0.25) is 0 Å². The van der Waals surface area contributed by atoms with Gasteiger partial charge in [-0.2, -0.15) is 0 Å². The summed E-state index contributed by atoms with van der Waals surface area (Å²) in [4.78, 5) is 10.3. The number of nitrogens with zero attached hydrogens (tertiary/aromatic N) is 2. The van der Waals surface area contributed by atoms with Crippen LogP contribution in [0.25, 0.3) is 0 Å². The highest BCUT2D eigenvalue weighted by Crippen LogP contribution is 2.15. The first kappa shape index (κ1) is 9.05. The fraction of sp³-hybridized carbons (Fsp3) is 0.500. The van der Waals surface area contributed by atoms with E-state index in [2.05, 4.69) is 10.2 Å². The summed E-state index contributed by atoms with van der Waals surface area (Å²) < 4.78 is 5.05. The Morgan fingerprint density at radius 3 is 2.92 bits per heavy atom. The van der Waals surface area contributed by atoms with Crippen LogP contribution in [0.3, 0.4) is 0 Å². The van der Waals surface area contributed by atoms with Crippen LogP contribution in [0.4, 0.5) is 0 Å². The number of amides is 1. The van der Waals surface area contributed by atoms with Crippen LogP contribution in [0.5, 0.6) is 0 Å². The molecule has 0 unspecified atom stereocenters. The van der Waals surface area contributed by atoms with Crippen LogP contribution in [0, 0.1) is 6.92 Å². The Kier molecular flexibility index (Phi) is 3.09. The van der Waals surface area contributed by atoms with E-state index in [1.165, 1.54) is 11.8 Å². The molecule has 0 aromatic carbocycles. The summed E-state index contributed by atoms with van der Waals surface area (Å²) in [6.07, 6.45) is 0.325. The zero-order valence-electron chi connectivity index (χ0n) is 6.61. The summed E-state index contributed by atoms with van der Waals surface area (Å²) in [5, 5.41) is 7.85. The van der Waals surface area contributed by atoms with Crippen molar-refractivity contribution in [2.24, 2.45) is 5.73 Å². The molecule has 0 fully saturated rings. The lowest BCUT2D eigenvalue weighted by Gasteiger charge is -1.91. The fourth-order valence-electron chi connectivity index (χ4n) is 0.576. The van der Waals surface area contributed by atoms with Crippen LogP contribution in [-0.4, -0.2) is 21.9 Å². The van der Waals surface area contributed by atoms with Gasteiger partial charge in [0.05, 0.1) is 0 Å². The monoisotopic (exact) mass is 187 g/mol. The van der Waals surface area contributed by atoms with Gasteiger partial charge in [-0.3, -0.25) is 4.79 Å². The summed E-state index contributed by atoms with van der Waals surface area (Å²) in [5.74, 6) is 0.784. The minimum atomic E-state index is -0.321. The second kappa shape index (κ2) is 4.10. The molecule has 0 aliphatic carbocycles. The van der Waals surface area contributed by atoms with Gasteiger partial charge < -0.3 is 10.2 Å². The van der Waals surface area contributed by atoms with Gasteiger partial charge in [0.25, 0.3) is 5.22 Å². The van der Waals surface area contributed by atoms with E-state index in [4.69, 9.17) is 10.2 Å². The Morgan fingerprint density at radius 2 is 2.42 bits per heavy atom. The van der Waals surface area contributed by atoms with E-state index in [0.29, 0.717) is 23.3 Å². The number of primary amides is 1. The number of thioether (sulfide) groups is 1. The largest absolute Gasteiger partial charge is 0.416 e. The van der Waals surface area contributed by atoms with E-state index < -0.39 is 0 Å². The molecule has 12 heavy (non-hydrogen) atoms. The van der Waals surface area contributed by atoms with Crippen molar-refractivity contribution in [2.45, 2.75) is 18.6 Å². The maximum Gasteiger partial charge on any atom is 0.276 e. The van der Waals surface area contributed by atoms with E-state index in [9.17, 15) is 4.79 Å². The van der Waals surface area contributed by atoms with Gasteiger partial charge in [-0.25, -0.2) is 0 Å². The number of aromatic nitrogens is 2. The van der Waals surface area contributed by atoms with E-state index in [0.717, 1.165) is 0 Å². The molecule has 0 saturated heterocycles. The SMILES string of the molecule is Cc1nnc(SCCC(N)=O)o1. The van der Waals surface area contributed by atoms with Crippen molar-refractivity contribution in [3.63, 3.8) is 0 Å². The Morgan fingerprint density at radius 1 is 1.67 bits per heavy atom. The summed E-state index contributed by atoms with van der Waals surface area (Å²) in [6.45, 7) is 1.71. The molecular weight excluding hydrogens is 178 g/mol. The third kappa shape index (κ3) is 2.91. The van der Waals surface area contributed by atoms with Gasteiger partial charge in [-0.1, -0.05) is 11.8 Å². The van der Waals surface area contributed by atoms with Crippen LogP contribution in [0.1, 0.15) is 12.3 Å². The first-order valence-electron chi connectivity index (χ1n) is 3.39. The Balaban J connectivity index is 2.29. The van der Waals surface area contributed by atoms with Crippen LogP contribution >= 0.6 is 11.8 Å². The molecule has 0 aliphatic rings. The number of nitrogens with two attached hydrogens (primary N) is 1. The third-order valence-corrected chi connectivity index (χ3v) is 1.90. The molecule has 0 saturated carbocycles. The smallest absolute Gasteiger partial charge is 0.276 e. The van der Waals surface area contributed by atoms with Crippen molar-refractivity contribution in [3.05, 3.63) is 5.89 Å². The van der Waals surface area contributed by atoms with Crippen molar-refractivity contribution in [3.8, 4) is 0 Å². The Labute approximate surface area is 73.7 Å². The van der Waals surface area contributed by atoms with Crippen molar-refractivity contribution in [2.75, 3.05) is 5.75 Å². The number of carbonyl (C=O) groups is 1. The van der Waals surface area contributed by atoms with Gasteiger partial charge in [0.1, 0.15) is 0 Å². The third-order valence-electron chi connectivity index (χ3n) is 1.08. The summed E-state index contributed by atoms with van der Waals surface area (Å²) in [7, 11) is 0. The van der Waals surface area contributed by atoms with Crippen molar-refractivity contribution in [1.29, 1.82) is 0 Å². The molecular formula is C6H9N3O2S. The molecule has 5 nitrogen and oxygen atoms in total. The first-order chi connectivity index (χ1) is 5.68. The molecule has 0 aliphatic heterocycles. The molecule has 0 spiro atoms. The van der Waals surface area contributed by atoms with Gasteiger partial charge in [0, 0.05) is 19.1 Å². The summed E-state index contributed by atoms with van der Waals surface area (Å²) in [5.41, 5.74) is 4.94. The molecule has 2 N–H and O–H groups in total. The number of rotatable bonds is 4. The number of carbonyl (C=O) groups excluding carboxylic acids is 1. The lowest BCUT2D eigenvalue weighted by molar-refractivity contribution is -0.117. The van der Waals surface area contributed by atoms with Crippen LogP contribution in [0.15, 0.2) is 9.64 Å². The number of hydrogen-bond donors (Lipinski definition) is 1. The highest BCUT2D eigenvalue weighted by Gasteiger charge is 2.03. The Bertz CT molecular complexity index is 274. The normalized spacial score (nSPS) is 10.1. The highest BCUT2D eigenvalue weighted by molar-refractivity contribution is 7.99. The maximum atomic E-state index is 10.3. The minimum absolute atomic E-state index is 0.321. The standard InChI is InChI=1S/C6H9N3O2S/c1-4-8-9-6(11-4)12-3-2-5(7)10/h2-3H2,1H3,(H2,7,10). The zero-order valence-corrected chi connectivity index (χ0v) is 7.43. The maximum absolute atomic E-state index is 10.3. The van der Waals surface area contributed by atoms with Crippen molar-refractivity contribution < 1.29 is 9.21 Å². The van der Waals surface area contributed by atoms with Gasteiger partial charge in [0.15, 0.2) is 0 Å². The number of hydrogen-bond acceptors (Lipinski definition) is 5. The first-order valence-corrected chi connectivity index (χ1v) is 4.38. The molecule has 1 rings (SSSR count). The van der Waals surface area contributed by atoms with Crippen molar-refractivity contribution >= 4 is 17.7 Å². The molecule has 0 radical (unpaired) electrons. The van der Waals surface area contributed by atoms with E-state index in [-0.39, 0.29) is 5.91 Å². The lowest BCUT2D eigenvalue weighted by Crippen LogP contribution is -2.10. The topological polar surface area (TPSA) is 82.0 Å². The second-order valence-corrected chi connectivity index (χ2v) is 3.20. The van der Waals surface area contributed by atoms with Gasteiger partial charge in [0.2, 0.25) is 11.8 Å². The summed E-state index contributed by atoms with van der Waals surface area (Å²) >= 11 is 1.33. The predicted molar refractivity (Wildman–Crippen MR) is 43.6 cm³/mol. The molecule has 0 bridgehead atoms. The van der Waals surface area contributed by atoms with Gasteiger partial charge in [-0.05, 0) is 0 Å². The molecule has 1 aromatic heterocycles. The average molecular weight is 187 g/mol. The molecule has 66 valence electrons. The van der Waals surface area contributed by atoms with Crippen LogP contribution in [-0.2, 0) is 4.79 Å². The number of aryl methyl sites for hydroxylation is 1.